The molecule has 0 saturated heterocycles. The zero-order valence-electron chi connectivity index (χ0n) is 10.6. The molecule has 4 nitrogen and oxygen atoms in total. The molecule has 0 atom stereocenters. The molecule has 0 heterocycles. The summed E-state index contributed by atoms with van der Waals surface area (Å²) in [4.78, 5) is 22.3. The zero-order valence-corrected chi connectivity index (χ0v) is 10.6. The summed E-state index contributed by atoms with van der Waals surface area (Å²) in [6.07, 6.45) is 3.39. The first kappa shape index (κ1) is 14.0. The van der Waals surface area contributed by atoms with Crippen LogP contribution in [0.15, 0.2) is 30.3 Å². The number of methoxy groups -OCH3 is 1. The highest BCUT2D eigenvalue weighted by atomic mass is 16.5. The van der Waals surface area contributed by atoms with E-state index in [1.807, 2.05) is 31.2 Å². The van der Waals surface area contributed by atoms with E-state index < -0.39 is 0 Å². The number of aryl methyl sites for hydroxylation is 1. The van der Waals surface area contributed by atoms with Gasteiger partial charge in [-0.3, -0.25) is 9.59 Å². The van der Waals surface area contributed by atoms with E-state index >= 15 is 0 Å². The second-order valence-corrected chi connectivity index (χ2v) is 3.81. The SMILES string of the molecule is COC(=O)CCNC(=O)C=Cc1ccccc1C. The molecule has 0 fully saturated rings. The first-order valence-corrected chi connectivity index (χ1v) is 5.72. The Balaban J connectivity index is 2.41. The quantitative estimate of drug-likeness (QED) is 0.636. The monoisotopic (exact) mass is 247 g/mol. The minimum atomic E-state index is -0.335. The molecule has 1 N–H and O–H groups in total. The van der Waals surface area contributed by atoms with Crippen molar-refractivity contribution in [1.82, 2.24) is 5.32 Å². The summed E-state index contributed by atoms with van der Waals surface area (Å²) in [6, 6.07) is 7.79. The lowest BCUT2D eigenvalue weighted by atomic mass is 10.1. The Morgan fingerprint density at radius 1 is 1.33 bits per heavy atom. The molecular weight excluding hydrogens is 230 g/mol. The molecule has 0 saturated carbocycles. The lowest BCUT2D eigenvalue weighted by Gasteiger charge is -2.01. The van der Waals surface area contributed by atoms with Crippen molar-refractivity contribution in [2.24, 2.45) is 0 Å². The third kappa shape index (κ3) is 4.82. The van der Waals surface area contributed by atoms with Gasteiger partial charge in [0, 0.05) is 12.6 Å². The molecule has 0 aliphatic heterocycles. The average molecular weight is 247 g/mol. The smallest absolute Gasteiger partial charge is 0.307 e. The summed E-state index contributed by atoms with van der Waals surface area (Å²) in [6.45, 7) is 2.26. The van der Waals surface area contributed by atoms with Crippen LogP contribution in [0.4, 0.5) is 0 Å². The minimum absolute atomic E-state index is 0.181. The maximum Gasteiger partial charge on any atom is 0.307 e. The number of carbonyl (C=O) groups excluding carboxylic acids is 2. The van der Waals surface area contributed by atoms with Crippen LogP contribution >= 0.6 is 0 Å². The van der Waals surface area contributed by atoms with E-state index in [-0.39, 0.29) is 24.8 Å². The topological polar surface area (TPSA) is 55.4 Å². The molecule has 1 amide bonds. The molecule has 0 spiro atoms. The molecule has 0 unspecified atom stereocenters. The largest absolute Gasteiger partial charge is 0.469 e. The number of nitrogens with one attached hydrogen (secondary N) is 1. The van der Waals surface area contributed by atoms with Gasteiger partial charge >= 0.3 is 5.97 Å². The van der Waals surface area contributed by atoms with E-state index in [9.17, 15) is 9.59 Å². The molecule has 1 rings (SSSR count). The number of esters is 1. The van der Waals surface area contributed by atoms with Gasteiger partial charge in [-0.15, -0.1) is 0 Å². The number of benzene rings is 1. The van der Waals surface area contributed by atoms with Crippen LogP contribution < -0.4 is 5.32 Å². The van der Waals surface area contributed by atoms with Crippen molar-refractivity contribution < 1.29 is 14.3 Å². The van der Waals surface area contributed by atoms with E-state index in [0.717, 1.165) is 11.1 Å². The third-order valence-electron chi connectivity index (χ3n) is 2.46. The van der Waals surface area contributed by atoms with E-state index in [4.69, 9.17) is 0 Å². The van der Waals surface area contributed by atoms with Gasteiger partial charge in [0.2, 0.25) is 5.91 Å². The van der Waals surface area contributed by atoms with E-state index in [1.54, 1.807) is 6.08 Å². The molecule has 1 aromatic rings. The Hall–Kier alpha value is -2.10. The van der Waals surface area contributed by atoms with Gasteiger partial charge in [0.1, 0.15) is 0 Å². The molecule has 96 valence electrons. The zero-order chi connectivity index (χ0) is 13.4. The Morgan fingerprint density at radius 3 is 2.72 bits per heavy atom. The Kier molecular flexibility index (Phi) is 5.64. The second kappa shape index (κ2) is 7.27. The average Bonchev–Trinajstić information content (AvgIpc) is 2.37. The Labute approximate surface area is 107 Å². The highest BCUT2D eigenvalue weighted by Gasteiger charge is 2.01. The van der Waals surface area contributed by atoms with Gasteiger partial charge < -0.3 is 10.1 Å². The van der Waals surface area contributed by atoms with Gasteiger partial charge in [0.05, 0.1) is 13.5 Å². The number of hydrogen-bond acceptors (Lipinski definition) is 3. The first-order valence-electron chi connectivity index (χ1n) is 5.72. The minimum Gasteiger partial charge on any atom is -0.469 e. The summed E-state index contributed by atoms with van der Waals surface area (Å²) in [5.41, 5.74) is 2.11. The summed E-state index contributed by atoms with van der Waals surface area (Å²) in [5.74, 6) is -0.555. The van der Waals surface area contributed by atoms with Crippen molar-refractivity contribution >= 4 is 18.0 Å². The van der Waals surface area contributed by atoms with E-state index in [1.165, 1.54) is 13.2 Å². The van der Waals surface area contributed by atoms with Gasteiger partial charge in [-0.2, -0.15) is 0 Å². The number of ether oxygens (including phenoxy) is 1. The van der Waals surface area contributed by atoms with Crippen molar-refractivity contribution in [3.05, 3.63) is 41.5 Å². The maximum atomic E-state index is 11.4. The number of rotatable bonds is 5. The molecule has 18 heavy (non-hydrogen) atoms. The highest BCUT2D eigenvalue weighted by Crippen LogP contribution is 2.08. The van der Waals surface area contributed by atoms with Crippen molar-refractivity contribution in [1.29, 1.82) is 0 Å². The Bertz CT molecular complexity index is 452. The maximum absolute atomic E-state index is 11.4. The predicted molar refractivity (Wildman–Crippen MR) is 69.9 cm³/mol. The van der Waals surface area contributed by atoms with Crippen LogP contribution in [0.25, 0.3) is 6.08 Å². The van der Waals surface area contributed by atoms with Crippen LogP contribution in [0.2, 0.25) is 0 Å². The Morgan fingerprint density at radius 2 is 2.06 bits per heavy atom. The van der Waals surface area contributed by atoms with Crippen LogP contribution in [-0.2, 0) is 14.3 Å². The van der Waals surface area contributed by atoms with E-state index in [0.29, 0.717) is 0 Å². The normalized spacial score (nSPS) is 10.3. The number of hydrogen-bond donors (Lipinski definition) is 1. The third-order valence-corrected chi connectivity index (χ3v) is 2.46. The summed E-state index contributed by atoms with van der Waals surface area (Å²) in [5, 5.41) is 2.61. The van der Waals surface area contributed by atoms with Gasteiger partial charge in [-0.25, -0.2) is 0 Å². The fraction of sp³-hybridized carbons (Fsp3) is 0.286. The summed E-state index contributed by atoms with van der Waals surface area (Å²) < 4.78 is 4.47. The van der Waals surface area contributed by atoms with Crippen molar-refractivity contribution in [3.63, 3.8) is 0 Å². The van der Waals surface area contributed by atoms with Gasteiger partial charge in [-0.05, 0) is 24.1 Å². The fourth-order valence-corrected chi connectivity index (χ4v) is 1.39. The van der Waals surface area contributed by atoms with Crippen LogP contribution in [0.1, 0.15) is 17.5 Å². The van der Waals surface area contributed by atoms with E-state index in [2.05, 4.69) is 10.1 Å². The van der Waals surface area contributed by atoms with Crippen molar-refractivity contribution in [2.75, 3.05) is 13.7 Å². The number of carbonyl (C=O) groups is 2. The fourth-order valence-electron chi connectivity index (χ4n) is 1.39. The van der Waals surface area contributed by atoms with Gasteiger partial charge in [0.15, 0.2) is 0 Å². The lowest BCUT2D eigenvalue weighted by Crippen LogP contribution is -2.24. The van der Waals surface area contributed by atoms with Crippen LogP contribution in [0, 0.1) is 6.92 Å². The second-order valence-electron chi connectivity index (χ2n) is 3.81. The van der Waals surface area contributed by atoms with Crippen LogP contribution in [-0.4, -0.2) is 25.5 Å². The summed E-state index contributed by atoms with van der Waals surface area (Å²) in [7, 11) is 1.32. The standard InChI is InChI=1S/C14H17NO3/c1-11-5-3-4-6-12(11)7-8-13(16)15-10-9-14(17)18-2/h3-8H,9-10H2,1-2H3,(H,15,16). The van der Waals surface area contributed by atoms with Crippen molar-refractivity contribution in [2.45, 2.75) is 13.3 Å². The predicted octanol–water partition coefficient (Wildman–Crippen LogP) is 1.69. The summed E-state index contributed by atoms with van der Waals surface area (Å²) >= 11 is 0. The molecule has 1 aromatic carbocycles. The van der Waals surface area contributed by atoms with Crippen molar-refractivity contribution in [3.8, 4) is 0 Å². The van der Waals surface area contributed by atoms with Crippen LogP contribution in [0.5, 0.6) is 0 Å². The molecule has 0 bridgehead atoms. The molecule has 0 radical (unpaired) electrons. The van der Waals surface area contributed by atoms with Gasteiger partial charge in [0.25, 0.3) is 0 Å². The first-order chi connectivity index (χ1) is 8.63. The molecule has 0 aliphatic rings. The highest BCUT2D eigenvalue weighted by molar-refractivity contribution is 5.92. The number of amides is 1. The lowest BCUT2D eigenvalue weighted by molar-refractivity contribution is -0.140. The molecule has 4 heteroatoms. The molecule has 0 aliphatic carbocycles. The van der Waals surface area contributed by atoms with Crippen LogP contribution in [0.3, 0.4) is 0 Å². The molecule has 0 aromatic heterocycles. The van der Waals surface area contributed by atoms with Gasteiger partial charge in [-0.1, -0.05) is 24.3 Å². The molecular formula is C14H17NO3.